The van der Waals surface area contributed by atoms with Crippen LogP contribution in [-0.4, -0.2) is 50.9 Å². The lowest BCUT2D eigenvalue weighted by molar-refractivity contribution is -0.385. The standard InChI is InChI=1S/C16H22N6O3/c1-3-12(2)21(11-16(23)20-8-4-5-13(20)9-17)19-15-7-6-14(10-18-15)22(24)25/h6-7,10,12-13H,3-5,8,11H2,1-2H3,(H,18,19)/t12-,13?/m0/s1. The highest BCUT2D eigenvalue weighted by atomic mass is 16.6. The zero-order valence-corrected chi connectivity index (χ0v) is 14.4. The Labute approximate surface area is 146 Å². The van der Waals surface area contributed by atoms with Crippen molar-refractivity contribution in [3.8, 4) is 6.07 Å². The molecular formula is C16H22N6O3. The third-order valence-electron chi connectivity index (χ3n) is 4.37. The van der Waals surface area contributed by atoms with Gasteiger partial charge in [0.15, 0.2) is 0 Å². The van der Waals surface area contributed by atoms with Crippen LogP contribution < -0.4 is 5.43 Å². The topological polar surface area (TPSA) is 115 Å². The van der Waals surface area contributed by atoms with Gasteiger partial charge in [-0.2, -0.15) is 5.26 Å². The first-order chi connectivity index (χ1) is 12.0. The minimum Gasteiger partial charge on any atom is -0.325 e. The van der Waals surface area contributed by atoms with E-state index in [1.807, 2.05) is 13.8 Å². The van der Waals surface area contributed by atoms with Gasteiger partial charge in [-0.05, 0) is 32.3 Å². The second-order valence-corrected chi connectivity index (χ2v) is 6.03. The number of carbonyl (C=O) groups excluding carboxylic acids is 1. The van der Waals surface area contributed by atoms with Crippen molar-refractivity contribution >= 4 is 17.4 Å². The zero-order chi connectivity index (χ0) is 18.4. The van der Waals surface area contributed by atoms with Crippen molar-refractivity contribution in [2.24, 2.45) is 0 Å². The maximum Gasteiger partial charge on any atom is 0.287 e. The Morgan fingerprint density at radius 2 is 2.40 bits per heavy atom. The molecule has 9 heteroatoms. The normalized spacial score (nSPS) is 18.0. The van der Waals surface area contributed by atoms with Gasteiger partial charge in [0.2, 0.25) is 5.91 Å². The van der Waals surface area contributed by atoms with Gasteiger partial charge in [0.05, 0.1) is 17.5 Å². The van der Waals surface area contributed by atoms with E-state index >= 15 is 0 Å². The van der Waals surface area contributed by atoms with E-state index in [1.54, 1.807) is 9.91 Å². The summed E-state index contributed by atoms with van der Waals surface area (Å²) in [5, 5.41) is 21.6. The lowest BCUT2D eigenvalue weighted by atomic mass is 10.2. The Morgan fingerprint density at radius 3 is 2.96 bits per heavy atom. The molecule has 0 bridgehead atoms. The summed E-state index contributed by atoms with van der Waals surface area (Å²) >= 11 is 0. The van der Waals surface area contributed by atoms with Crippen LogP contribution in [0.1, 0.15) is 33.1 Å². The summed E-state index contributed by atoms with van der Waals surface area (Å²) in [6.45, 7) is 4.67. The summed E-state index contributed by atoms with van der Waals surface area (Å²) in [7, 11) is 0. The van der Waals surface area contributed by atoms with Crippen LogP contribution in [0.4, 0.5) is 11.5 Å². The number of nitrogens with one attached hydrogen (secondary N) is 1. The average molecular weight is 346 g/mol. The SMILES string of the molecule is CC[C@H](C)N(CC(=O)N1CCCC1C#N)Nc1ccc([N+](=O)[O-])cn1. The van der Waals surface area contributed by atoms with Gasteiger partial charge in [0.25, 0.3) is 5.69 Å². The van der Waals surface area contributed by atoms with E-state index in [0.29, 0.717) is 18.8 Å². The number of nitro groups is 1. The van der Waals surface area contributed by atoms with Crippen LogP contribution in [0.5, 0.6) is 0 Å². The Hall–Kier alpha value is -2.73. The molecule has 1 aromatic heterocycles. The monoisotopic (exact) mass is 346 g/mol. The van der Waals surface area contributed by atoms with Crippen LogP contribution in [0.3, 0.4) is 0 Å². The van der Waals surface area contributed by atoms with Gasteiger partial charge in [-0.3, -0.25) is 14.9 Å². The number of amides is 1. The summed E-state index contributed by atoms with van der Waals surface area (Å²) in [5.74, 6) is 0.315. The number of aromatic nitrogens is 1. The van der Waals surface area contributed by atoms with Crippen LogP contribution in [0.25, 0.3) is 0 Å². The number of pyridine rings is 1. The first kappa shape index (κ1) is 18.6. The van der Waals surface area contributed by atoms with Gasteiger partial charge in [0, 0.05) is 18.7 Å². The molecule has 1 unspecified atom stereocenters. The molecule has 0 radical (unpaired) electrons. The molecule has 0 aromatic carbocycles. The van der Waals surface area contributed by atoms with Gasteiger partial charge >= 0.3 is 0 Å². The van der Waals surface area contributed by atoms with Crippen LogP contribution in [0, 0.1) is 21.4 Å². The molecule has 1 N–H and O–H groups in total. The number of nitriles is 1. The average Bonchev–Trinajstić information content (AvgIpc) is 3.09. The number of hydrogen-bond acceptors (Lipinski definition) is 7. The third-order valence-corrected chi connectivity index (χ3v) is 4.37. The van der Waals surface area contributed by atoms with Crippen molar-refractivity contribution in [1.82, 2.24) is 14.9 Å². The number of hydrogen-bond donors (Lipinski definition) is 1. The largest absolute Gasteiger partial charge is 0.325 e. The summed E-state index contributed by atoms with van der Waals surface area (Å²) < 4.78 is 0. The van der Waals surface area contributed by atoms with Gasteiger partial charge in [0.1, 0.15) is 18.1 Å². The van der Waals surface area contributed by atoms with Crippen molar-refractivity contribution in [1.29, 1.82) is 5.26 Å². The maximum atomic E-state index is 12.6. The molecular weight excluding hydrogens is 324 g/mol. The first-order valence-corrected chi connectivity index (χ1v) is 8.29. The minimum atomic E-state index is -0.512. The van der Waals surface area contributed by atoms with Crippen molar-refractivity contribution in [2.75, 3.05) is 18.5 Å². The Morgan fingerprint density at radius 1 is 1.64 bits per heavy atom. The van der Waals surface area contributed by atoms with E-state index in [9.17, 15) is 14.9 Å². The lowest BCUT2D eigenvalue weighted by Crippen LogP contribution is -2.47. The van der Waals surface area contributed by atoms with Crippen molar-refractivity contribution < 1.29 is 9.72 Å². The number of nitrogens with zero attached hydrogens (tertiary/aromatic N) is 5. The Bertz CT molecular complexity index is 657. The highest BCUT2D eigenvalue weighted by Crippen LogP contribution is 2.18. The summed E-state index contributed by atoms with van der Waals surface area (Å²) in [5.41, 5.74) is 2.96. The van der Waals surface area contributed by atoms with Gasteiger partial charge in [-0.15, -0.1) is 0 Å². The van der Waals surface area contributed by atoms with E-state index in [2.05, 4.69) is 16.5 Å². The first-order valence-electron chi connectivity index (χ1n) is 8.29. The van der Waals surface area contributed by atoms with Crippen LogP contribution in [0.15, 0.2) is 18.3 Å². The molecule has 1 fully saturated rings. The van der Waals surface area contributed by atoms with Crippen LogP contribution >= 0.6 is 0 Å². The predicted molar refractivity (Wildman–Crippen MR) is 91.3 cm³/mol. The quantitative estimate of drug-likeness (QED) is 0.592. The number of anilines is 1. The number of rotatable bonds is 7. The second kappa shape index (κ2) is 8.39. The molecule has 2 rings (SSSR count). The number of likely N-dealkylation sites (tertiary alicyclic amines) is 1. The van der Waals surface area contributed by atoms with Crippen LogP contribution in [0.2, 0.25) is 0 Å². The summed E-state index contributed by atoms with van der Waals surface area (Å²) in [6.07, 6.45) is 3.52. The molecule has 0 aliphatic carbocycles. The molecule has 1 aliphatic heterocycles. The highest BCUT2D eigenvalue weighted by molar-refractivity contribution is 5.79. The van der Waals surface area contributed by atoms with E-state index < -0.39 is 4.92 Å². The van der Waals surface area contributed by atoms with Crippen molar-refractivity contribution in [2.45, 2.75) is 45.2 Å². The molecule has 1 aromatic rings. The highest BCUT2D eigenvalue weighted by Gasteiger charge is 2.30. The number of carbonyl (C=O) groups is 1. The van der Waals surface area contributed by atoms with Gasteiger partial charge < -0.3 is 10.3 Å². The smallest absolute Gasteiger partial charge is 0.287 e. The molecule has 134 valence electrons. The minimum absolute atomic E-state index is 0.0454. The number of hydrazine groups is 1. The molecule has 1 amide bonds. The van der Waals surface area contributed by atoms with Crippen LogP contribution in [-0.2, 0) is 4.79 Å². The van der Waals surface area contributed by atoms with Crippen molar-refractivity contribution in [3.05, 3.63) is 28.4 Å². The lowest BCUT2D eigenvalue weighted by Gasteiger charge is -2.31. The van der Waals surface area contributed by atoms with Gasteiger partial charge in [-0.25, -0.2) is 9.99 Å². The molecule has 25 heavy (non-hydrogen) atoms. The third kappa shape index (κ3) is 4.64. The molecule has 0 saturated carbocycles. The van der Waals surface area contributed by atoms with E-state index in [0.717, 1.165) is 12.8 Å². The molecule has 2 heterocycles. The van der Waals surface area contributed by atoms with Crippen molar-refractivity contribution in [3.63, 3.8) is 0 Å². The van der Waals surface area contributed by atoms with Gasteiger partial charge in [-0.1, -0.05) is 6.92 Å². The van der Waals surface area contributed by atoms with E-state index in [1.165, 1.54) is 18.3 Å². The molecule has 0 spiro atoms. The molecule has 1 aliphatic rings. The molecule has 2 atom stereocenters. The summed E-state index contributed by atoms with van der Waals surface area (Å²) in [6, 6.07) is 4.72. The fraction of sp³-hybridized carbons (Fsp3) is 0.562. The Kier molecular flexibility index (Phi) is 6.25. The Balaban J connectivity index is 2.07. The fourth-order valence-electron chi connectivity index (χ4n) is 2.67. The fourth-order valence-corrected chi connectivity index (χ4v) is 2.67. The van der Waals surface area contributed by atoms with E-state index in [-0.39, 0.29) is 30.2 Å². The second-order valence-electron chi connectivity index (χ2n) is 6.03. The molecule has 1 saturated heterocycles. The summed E-state index contributed by atoms with van der Waals surface area (Å²) in [4.78, 5) is 28.4. The van der Waals surface area contributed by atoms with E-state index in [4.69, 9.17) is 5.26 Å². The maximum absolute atomic E-state index is 12.6. The molecule has 9 nitrogen and oxygen atoms in total. The predicted octanol–water partition coefficient (Wildman–Crippen LogP) is 1.93. The zero-order valence-electron chi connectivity index (χ0n) is 14.4.